The van der Waals surface area contributed by atoms with Crippen molar-refractivity contribution in [2.24, 2.45) is 11.8 Å². The van der Waals surface area contributed by atoms with Crippen LogP contribution in [0, 0.1) is 11.8 Å². The van der Waals surface area contributed by atoms with Crippen LogP contribution in [0.1, 0.15) is 86.0 Å². The molecule has 0 aliphatic rings. The van der Waals surface area contributed by atoms with Crippen LogP contribution < -0.4 is 0 Å². The van der Waals surface area contributed by atoms with Gasteiger partial charge in [-0.1, -0.05) is 79.1 Å². The lowest BCUT2D eigenvalue weighted by Crippen LogP contribution is -2.14. The van der Waals surface area contributed by atoms with Crippen molar-refractivity contribution in [3.63, 3.8) is 0 Å². The summed E-state index contributed by atoms with van der Waals surface area (Å²) in [5.41, 5.74) is 0. The van der Waals surface area contributed by atoms with E-state index in [1.165, 1.54) is 31.8 Å². The van der Waals surface area contributed by atoms with Crippen molar-refractivity contribution >= 4 is 13.4 Å². The van der Waals surface area contributed by atoms with Crippen LogP contribution >= 0.6 is 7.14 Å². The van der Waals surface area contributed by atoms with Crippen molar-refractivity contribution < 1.29 is 9.36 Å². The molecule has 0 aliphatic carbocycles. The maximum absolute atomic E-state index is 13.7. The van der Waals surface area contributed by atoms with Gasteiger partial charge < -0.3 is 4.57 Å². The minimum absolute atomic E-state index is 0.513. The summed E-state index contributed by atoms with van der Waals surface area (Å²) >= 11 is 0. The average molecular weight is 341 g/mol. The molecule has 0 aromatic carbocycles. The molecule has 0 bridgehead atoms. The molecule has 1 radical (unpaired) electrons. The highest BCUT2D eigenvalue weighted by Gasteiger charge is 2.30. The number of hydrogen-bond acceptors (Lipinski definition) is 2. The van der Waals surface area contributed by atoms with Gasteiger partial charge in [-0.3, -0.25) is 4.79 Å². The van der Waals surface area contributed by atoms with E-state index in [0.29, 0.717) is 11.8 Å². The number of rotatable bonds is 14. The van der Waals surface area contributed by atoms with Crippen molar-refractivity contribution in [3.8, 4) is 0 Å². The molecule has 0 aliphatic heterocycles. The topological polar surface area (TPSA) is 34.1 Å². The Balaban J connectivity index is 5.18. The maximum Gasteiger partial charge on any atom is 0.226 e. The average Bonchev–Trinajstić information content (AvgIpc) is 2.55. The fourth-order valence-corrected chi connectivity index (χ4v) is 6.80. The number of carbonyl (C=O) groups excluding carboxylic acids is 1. The first-order valence-electron chi connectivity index (χ1n) is 9.60. The van der Waals surface area contributed by atoms with Crippen LogP contribution in [-0.2, 0) is 9.36 Å². The van der Waals surface area contributed by atoms with E-state index in [4.69, 9.17) is 0 Å². The minimum atomic E-state index is -2.45. The summed E-state index contributed by atoms with van der Waals surface area (Å²) in [6.07, 6.45) is 14.1. The van der Waals surface area contributed by atoms with Crippen LogP contribution in [-0.4, -0.2) is 18.6 Å². The van der Waals surface area contributed by atoms with Gasteiger partial charge in [0, 0.05) is 12.3 Å². The molecule has 0 amide bonds. The smallest absolute Gasteiger partial charge is 0.226 e. The van der Waals surface area contributed by atoms with Gasteiger partial charge in [-0.25, -0.2) is 0 Å². The second kappa shape index (κ2) is 13.0. The molecular weight excluding hydrogens is 303 g/mol. The predicted molar refractivity (Wildman–Crippen MR) is 103 cm³/mol. The third-order valence-corrected chi connectivity index (χ3v) is 8.73. The van der Waals surface area contributed by atoms with E-state index in [2.05, 4.69) is 27.7 Å². The van der Waals surface area contributed by atoms with Gasteiger partial charge in [0.05, 0.1) is 0 Å². The summed E-state index contributed by atoms with van der Waals surface area (Å²) in [4.78, 5) is 10.8. The fourth-order valence-electron chi connectivity index (χ4n) is 3.23. The molecule has 2 nitrogen and oxygen atoms in total. The monoisotopic (exact) mass is 341 g/mol. The molecule has 0 aromatic rings. The van der Waals surface area contributed by atoms with Gasteiger partial charge in [-0.2, -0.15) is 0 Å². The Morgan fingerprint density at radius 3 is 1.70 bits per heavy atom. The van der Waals surface area contributed by atoms with E-state index in [9.17, 15) is 9.36 Å². The minimum Gasteiger partial charge on any atom is -0.319 e. The lowest BCUT2D eigenvalue weighted by molar-refractivity contribution is 0.465. The predicted octanol–water partition coefficient (Wildman–Crippen LogP) is 6.80. The standard InChI is InChI=1S/C20H38O2P/c1-6-10-12-19(8-3)16-23(22,18(5)14-15-21)17-20(9-4)13-11-7-2/h14,19-20H,6-13,16-17H2,1-5H3. The zero-order valence-corrected chi connectivity index (χ0v) is 17.0. The Labute approximate surface area is 144 Å². The third kappa shape index (κ3) is 8.89. The summed E-state index contributed by atoms with van der Waals surface area (Å²) in [7, 11) is -2.45. The Hall–Kier alpha value is -0.360. The van der Waals surface area contributed by atoms with Gasteiger partial charge in [0.15, 0.2) is 0 Å². The summed E-state index contributed by atoms with van der Waals surface area (Å²) < 4.78 is 13.7. The van der Waals surface area contributed by atoms with Gasteiger partial charge in [0.2, 0.25) is 6.29 Å². The molecule has 0 saturated heterocycles. The van der Waals surface area contributed by atoms with E-state index in [-0.39, 0.29) is 0 Å². The van der Waals surface area contributed by atoms with Crippen LogP contribution in [0.3, 0.4) is 0 Å². The van der Waals surface area contributed by atoms with Crippen molar-refractivity contribution in [2.45, 2.75) is 86.0 Å². The van der Waals surface area contributed by atoms with Crippen LogP contribution in [0.2, 0.25) is 0 Å². The molecule has 0 aromatic heterocycles. The molecule has 23 heavy (non-hydrogen) atoms. The second-order valence-corrected chi connectivity index (χ2v) is 10.2. The first-order valence-corrected chi connectivity index (χ1v) is 11.7. The Kier molecular flexibility index (Phi) is 12.8. The van der Waals surface area contributed by atoms with Gasteiger partial charge in [0.1, 0.15) is 7.14 Å². The first kappa shape index (κ1) is 22.6. The highest BCUT2D eigenvalue weighted by atomic mass is 31.2. The van der Waals surface area contributed by atoms with Crippen molar-refractivity contribution in [3.05, 3.63) is 11.4 Å². The van der Waals surface area contributed by atoms with E-state index < -0.39 is 7.14 Å². The van der Waals surface area contributed by atoms with E-state index >= 15 is 0 Å². The van der Waals surface area contributed by atoms with E-state index in [1.54, 1.807) is 0 Å². The van der Waals surface area contributed by atoms with E-state index in [1.807, 2.05) is 13.2 Å². The van der Waals surface area contributed by atoms with Gasteiger partial charge in [-0.05, 0) is 30.1 Å². The number of hydrogen-bond donors (Lipinski definition) is 0. The van der Waals surface area contributed by atoms with Gasteiger partial charge in [-0.15, -0.1) is 0 Å². The van der Waals surface area contributed by atoms with Crippen LogP contribution in [0.25, 0.3) is 0 Å². The quantitative estimate of drug-likeness (QED) is 0.257. The van der Waals surface area contributed by atoms with Crippen molar-refractivity contribution in [1.29, 1.82) is 0 Å². The highest BCUT2D eigenvalue weighted by Crippen LogP contribution is 2.57. The normalized spacial score (nSPS) is 17.5. The largest absolute Gasteiger partial charge is 0.319 e. The molecule has 3 heteroatoms. The van der Waals surface area contributed by atoms with Crippen molar-refractivity contribution in [1.82, 2.24) is 0 Å². The molecule has 0 saturated carbocycles. The summed E-state index contributed by atoms with van der Waals surface area (Å²) in [5, 5.41) is 0.789. The van der Waals surface area contributed by atoms with E-state index in [0.717, 1.165) is 43.3 Å². The van der Waals surface area contributed by atoms with Crippen LogP contribution in [0.15, 0.2) is 11.4 Å². The van der Waals surface area contributed by atoms with Crippen molar-refractivity contribution in [2.75, 3.05) is 12.3 Å². The highest BCUT2D eigenvalue weighted by molar-refractivity contribution is 7.68. The first-order chi connectivity index (χ1) is 11.0. The number of unbranched alkanes of at least 4 members (excludes halogenated alkanes) is 2. The molecule has 0 rings (SSSR count). The molecule has 0 N–H and O–H groups in total. The van der Waals surface area contributed by atoms with Crippen LogP contribution in [0.5, 0.6) is 0 Å². The maximum atomic E-state index is 13.7. The third-order valence-electron chi connectivity index (χ3n) is 5.10. The molecule has 135 valence electrons. The van der Waals surface area contributed by atoms with Crippen LogP contribution in [0.4, 0.5) is 0 Å². The Morgan fingerprint density at radius 2 is 1.39 bits per heavy atom. The van der Waals surface area contributed by atoms with Gasteiger partial charge in [0.25, 0.3) is 0 Å². The van der Waals surface area contributed by atoms with Gasteiger partial charge >= 0.3 is 0 Å². The lowest BCUT2D eigenvalue weighted by Gasteiger charge is -2.28. The molecule has 2 unspecified atom stereocenters. The SMILES string of the molecule is CCCCC(CC)CP(=O)(CC(CC)CCCC)C(C)=C[C]=O. The zero-order valence-electron chi connectivity index (χ0n) is 16.1. The number of allylic oxidation sites excluding steroid dienone is 2. The summed E-state index contributed by atoms with van der Waals surface area (Å²) in [6, 6.07) is 0. The Bertz CT molecular complexity index is 365. The zero-order chi connectivity index (χ0) is 17.7. The molecule has 0 fully saturated rings. The fraction of sp³-hybridized carbons (Fsp3) is 0.850. The Morgan fingerprint density at radius 1 is 0.957 bits per heavy atom. The molecule has 0 heterocycles. The summed E-state index contributed by atoms with van der Waals surface area (Å²) in [5.74, 6) is 1.03. The molecule has 0 spiro atoms. The molecular formula is C20H38O2P. The molecule has 2 atom stereocenters. The summed E-state index contributed by atoms with van der Waals surface area (Å²) in [6.45, 7) is 10.7. The lowest BCUT2D eigenvalue weighted by atomic mass is 10.0. The second-order valence-electron chi connectivity index (χ2n) is 6.99.